The summed E-state index contributed by atoms with van der Waals surface area (Å²) in [5, 5.41) is 0. The quantitative estimate of drug-likeness (QED) is 0.0838. The third kappa shape index (κ3) is 11.4. The zero-order chi connectivity index (χ0) is 35.4. The van der Waals surface area contributed by atoms with E-state index in [9.17, 15) is 23.6 Å². The third-order valence-corrected chi connectivity index (χ3v) is 8.22. The molecule has 1 saturated heterocycles. The highest BCUT2D eigenvalue weighted by Crippen LogP contribution is 2.31. The van der Waals surface area contributed by atoms with Crippen molar-refractivity contribution in [1.82, 2.24) is 9.88 Å². The molecule has 260 valence electrons. The number of ether oxygens (including phenoxy) is 3. The molecular weight excluding hydrogens is 615 g/mol. The van der Waals surface area contributed by atoms with Crippen molar-refractivity contribution in [2.75, 3.05) is 19.8 Å². The molecule has 0 aliphatic carbocycles. The van der Waals surface area contributed by atoms with Crippen molar-refractivity contribution < 1.29 is 37.8 Å². The number of Topliss-reactive ketones (excluding diaryl/α,β-unsaturated/α-hetero) is 1. The number of piperidine rings is 1. The maximum atomic E-state index is 14.9. The number of ketones is 1. The van der Waals surface area contributed by atoms with Crippen molar-refractivity contribution in [3.8, 4) is 5.75 Å². The first-order valence-electron chi connectivity index (χ1n) is 16.6. The number of amides is 1. The van der Waals surface area contributed by atoms with Crippen LogP contribution >= 0.6 is 0 Å². The van der Waals surface area contributed by atoms with Gasteiger partial charge < -0.3 is 19.1 Å². The van der Waals surface area contributed by atoms with Crippen molar-refractivity contribution in [3.63, 3.8) is 0 Å². The second-order valence-corrected chi connectivity index (χ2v) is 13.6. The first-order chi connectivity index (χ1) is 22.7. The topological polar surface area (TPSA) is 112 Å². The minimum absolute atomic E-state index is 0.144. The SMILES string of the molecule is C=C(COc1cc(F)cc([C@@H](CCc2cccnc2)OC(=O)[C@@H]2CCCCN2C(=O)C(=O)C(C)(C)COC(=O)/C=C\C(C)C)c1)C(C)C. The second kappa shape index (κ2) is 17.7. The van der Waals surface area contributed by atoms with Gasteiger partial charge in [-0.05, 0) is 92.7 Å². The molecule has 1 aromatic carbocycles. The molecule has 0 bridgehead atoms. The number of benzene rings is 1. The van der Waals surface area contributed by atoms with E-state index in [4.69, 9.17) is 14.2 Å². The molecule has 9 nitrogen and oxygen atoms in total. The maximum Gasteiger partial charge on any atom is 0.330 e. The summed E-state index contributed by atoms with van der Waals surface area (Å²) < 4.78 is 32.1. The molecular formula is C38H49FN2O7. The Morgan fingerprint density at radius 3 is 2.54 bits per heavy atom. The largest absolute Gasteiger partial charge is 0.489 e. The van der Waals surface area contributed by atoms with E-state index in [0.717, 1.165) is 11.1 Å². The number of pyridine rings is 1. The molecule has 0 saturated carbocycles. The first-order valence-corrected chi connectivity index (χ1v) is 16.6. The van der Waals surface area contributed by atoms with Crippen LogP contribution in [0.5, 0.6) is 5.75 Å². The average Bonchev–Trinajstić information content (AvgIpc) is 3.06. The Morgan fingerprint density at radius 1 is 1.12 bits per heavy atom. The number of hydrogen-bond acceptors (Lipinski definition) is 8. The van der Waals surface area contributed by atoms with Crippen LogP contribution in [0.1, 0.15) is 84.5 Å². The predicted octanol–water partition coefficient (Wildman–Crippen LogP) is 6.76. The van der Waals surface area contributed by atoms with Crippen LogP contribution < -0.4 is 4.74 Å². The summed E-state index contributed by atoms with van der Waals surface area (Å²) in [5.41, 5.74) is 0.829. The Labute approximate surface area is 283 Å². The maximum absolute atomic E-state index is 14.9. The Balaban J connectivity index is 1.81. The Kier molecular flexibility index (Phi) is 14.1. The Morgan fingerprint density at radius 2 is 1.88 bits per heavy atom. The highest BCUT2D eigenvalue weighted by molar-refractivity contribution is 6.38. The molecule has 1 fully saturated rings. The molecule has 1 amide bonds. The molecule has 1 aliphatic heterocycles. The molecule has 2 heterocycles. The van der Waals surface area contributed by atoms with Gasteiger partial charge in [-0.25, -0.2) is 14.0 Å². The second-order valence-electron chi connectivity index (χ2n) is 13.6. The molecule has 10 heteroatoms. The summed E-state index contributed by atoms with van der Waals surface area (Å²) in [7, 11) is 0. The van der Waals surface area contributed by atoms with E-state index >= 15 is 0 Å². The highest BCUT2D eigenvalue weighted by atomic mass is 19.1. The normalized spacial score (nSPS) is 15.8. The van der Waals surface area contributed by atoms with Gasteiger partial charge in [0.05, 0.1) is 5.41 Å². The van der Waals surface area contributed by atoms with Gasteiger partial charge in [-0.1, -0.05) is 46.4 Å². The molecule has 1 aromatic heterocycles. The lowest BCUT2D eigenvalue weighted by atomic mass is 9.87. The van der Waals surface area contributed by atoms with E-state index in [1.165, 1.54) is 37.0 Å². The van der Waals surface area contributed by atoms with E-state index in [-0.39, 0.29) is 37.3 Å². The molecule has 0 spiro atoms. The average molecular weight is 665 g/mol. The Hall–Kier alpha value is -4.34. The molecule has 3 rings (SSSR count). The van der Waals surface area contributed by atoms with Crippen molar-refractivity contribution >= 4 is 23.6 Å². The zero-order valence-corrected chi connectivity index (χ0v) is 29.0. The number of nitrogens with zero attached hydrogens (tertiary/aromatic N) is 2. The predicted molar refractivity (Wildman–Crippen MR) is 180 cm³/mol. The van der Waals surface area contributed by atoms with Crippen LogP contribution in [-0.4, -0.2) is 59.3 Å². The zero-order valence-electron chi connectivity index (χ0n) is 29.0. The third-order valence-electron chi connectivity index (χ3n) is 8.22. The Bertz CT molecular complexity index is 1470. The number of esters is 2. The van der Waals surface area contributed by atoms with E-state index in [0.29, 0.717) is 37.7 Å². The smallest absolute Gasteiger partial charge is 0.330 e. The lowest BCUT2D eigenvalue weighted by molar-refractivity contribution is -0.165. The fraction of sp³-hybridized carbons (Fsp3) is 0.500. The van der Waals surface area contributed by atoms with Gasteiger partial charge in [0.1, 0.15) is 36.9 Å². The van der Waals surface area contributed by atoms with E-state index in [1.54, 1.807) is 30.6 Å². The standard InChI is InChI=1S/C38H49FN2O7/c1-25(2)13-16-34(42)47-24-38(6,7)35(43)36(44)41-18-9-8-12-32(41)37(45)48-33(15-14-28-11-10-17-40-22-28)29-19-30(39)21-31(20-29)46-23-27(5)26(3)4/h10-11,13,16-17,19-22,25-26,32-33H,5,8-9,12,14-15,18,23-24H2,1-4,6-7H3/b16-13-/t32-,33+/m0/s1. The van der Waals surface area contributed by atoms with E-state index < -0.39 is 47.0 Å². The van der Waals surface area contributed by atoms with E-state index in [2.05, 4.69) is 11.6 Å². The minimum Gasteiger partial charge on any atom is -0.489 e. The number of halogens is 1. The van der Waals surface area contributed by atoms with Crippen molar-refractivity contribution in [1.29, 1.82) is 0 Å². The van der Waals surface area contributed by atoms with Crippen LogP contribution in [0.3, 0.4) is 0 Å². The number of aryl methyl sites for hydroxylation is 1. The summed E-state index contributed by atoms with van der Waals surface area (Å²) in [5.74, 6) is -2.85. The van der Waals surface area contributed by atoms with Gasteiger partial charge in [-0.15, -0.1) is 0 Å². The summed E-state index contributed by atoms with van der Waals surface area (Å²) >= 11 is 0. The molecule has 0 radical (unpaired) electrons. The van der Waals surface area contributed by atoms with Crippen molar-refractivity contribution in [3.05, 3.63) is 84.0 Å². The van der Waals surface area contributed by atoms with Gasteiger partial charge in [0.2, 0.25) is 5.78 Å². The molecule has 0 unspecified atom stereocenters. The first kappa shape index (κ1) is 38.1. The van der Waals surface area contributed by atoms with Gasteiger partial charge in [-0.3, -0.25) is 14.6 Å². The number of rotatable bonds is 16. The van der Waals surface area contributed by atoms with Gasteiger partial charge in [0.25, 0.3) is 5.91 Å². The summed E-state index contributed by atoms with van der Waals surface area (Å²) in [6.45, 7) is 15.0. The number of carbonyl (C=O) groups is 4. The van der Waals surface area contributed by atoms with Crippen molar-refractivity contribution in [2.24, 2.45) is 17.3 Å². The fourth-order valence-corrected chi connectivity index (χ4v) is 5.03. The monoisotopic (exact) mass is 664 g/mol. The summed E-state index contributed by atoms with van der Waals surface area (Å²) in [6.07, 6.45) is 7.81. The lowest BCUT2D eigenvalue weighted by Crippen LogP contribution is -2.53. The van der Waals surface area contributed by atoms with Gasteiger partial charge >= 0.3 is 11.9 Å². The van der Waals surface area contributed by atoms with Gasteiger partial charge in [0.15, 0.2) is 0 Å². The minimum atomic E-state index is -1.32. The van der Waals surface area contributed by atoms with Crippen LogP contribution in [0.2, 0.25) is 0 Å². The van der Waals surface area contributed by atoms with Crippen LogP contribution in [0.25, 0.3) is 0 Å². The van der Waals surface area contributed by atoms with Crippen LogP contribution in [0.4, 0.5) is 4.39 Å². The van der Waals surface area contributed by atoms with Crippen LogP contribution in [-0.2, 0) is 35.1 Å². The summed E-state index contributed by atoms with van der Waals surface area (Å²) in [4.78, 5) is 58.4. The number of likely N-dealkylation sites (tertiary alicyclic amines) is 1. The number of hydrogen-bond donors (Lipinski definition) is 0. The summed E-state index contributed by atoms with van der Waals surface area (Å²) in [6, 6.07) is 6.91. The molecule has 1 aliphatic rings. The van der Waals surface area contributed by atoms with E-state index in [1.807, 2.05) is 33.8 Å². The number of carbonyl (C=O) groups excluding carboxylic acids is 4. The highest BCUT2D eigenvalue weighted by Gasteiger charge is 2.42. The molecule has 0 N–H and O–H groups in total. The number of aromatic nitrogens is 1. The molecule has 2 atom stereocenters. The molecule has 48 heavy (non-hydrogen) atoms. The number of allylic oxidation sites excluding steroid dienone is 1. The van der Waals surface area contributed by atoms with Crippen molar-refractivity contribution in [2.45, 2.75) is 85.8 Å². The lowest BCUT2D eigenvalue weighted by Gasteiger charge is -2.36. The molecule has 2 aromatic rings. The van der Waals surface area contributed by atoms with Gasteiger partial charge in [-0.2, -0.15) is 0 Å². The van der Waals surface area contributed by atoms with Crippen LogP contribution in [0.15, 0.2) is 67.0 Å². The van der Waals surface area contributed by atoms with Gasteiger partial charge in [0, 0.05) is 31.1 Å². The fourth-order valence-electron chi connectivity index (χ4n) is 5.03. The van der Waals surface area contributed by atoms with Crippen LogP contribution in [0, 0.1) is 23.1 Å².